The highest BCUT2D eigenvalue weighted by Crippen LogP contribution is 2.33. The summed E-state index contributed by atoms with van der Waals surface area (Å²) in [4.78, 5) is 41.6. The number of fused-ring (bicyclic) bond motifs is 1. The predicted molar refractivity (Wildman–Crippen MR) is 112 cm³/mol. The first-order valence-corrected chi connectivity index (χ1v) is 10.9. The summed E-state index contributed by atoms with van der Waals surface area (Å²) in [5, 5.41) is 2.95. The molecule has 1 spiro atoms. The third-order valence-corrected chi connectivity index (χ3v) is 6.59. The van der Waals surface area contributed by atoms with Crippen LogP contribution in [0.25, 0.3) is 0 Å². The molecule has 0 bridgehead atoms. The summed E-state index contributed by atoms with van der Waals surface area (Å²) in [6.07, 6.45) is 3.51. The van der Waals surface area contributed by atoms with Crippen molar-refractivity contribution in [3.63, 3.8) is 0 Å². The van der Waals surface area contributed by atoms with E-state index >= 15 is 0 Å². The molecule has 4 rings (SSSR count). The first-order valence-electron chi connectivity index (χ1n) is 10.9. The highest BCUT2D eigenvalue weighted by atomic mass is 16.5. The van der Waals surface area contributed by atoms with Gasteiger partial charge in [-0.2, -0.15) is 0 Å². The smallest absolute Gasteiger partial charge is 0.255 e. The largest absolute Gasteiger partial charge is 0.485 e. The fourth-order valence-electron chi connectivity index (χ4n) is 4.78. The Hall–Kier alpha value is -2.57. The molecule has 30 heavy (non-hydrogen) atoms. The zero-order valence-corrected chi connectivity index (χ0v) is 17.9. The Morgan fingerprint density at radius 2 is 1.93 bits per heavy atom. The second-order valence-electron chi connectivity index (χ2n) is 9.61. The van der Waals surface area contributed by atoms with Crippen LogP contribution >= 0.6 is 0 Å². The van der Waals surface area contributed by atoms with Gasteiger partial charge in [-0.05, 0) is 36.8 Å². The molecule has 2 fully saturated rings. The first kappa shape index (κ1) is 20.7. The number of carbonyl (C=O) groups excluding carboxylic acids is 3. The third kappa shape index (κ3) is 4.30. The molecule has 0 saturated carbocycles. The van der Waals surface area contributed by atoms with Gasteiger partial charge in [-0.25, -0.2) is 0 Å². The maximum atomic E-state index is 12.9. The van der Waals surface area contributed by atoms with Crippen molar-refractivity contribution in [2.75, 3.05) is 32.7 Å². The molecular weight excluding hydrogens is 382 g/mol. The maximum Gasteiger partial charge on any atom is 0.255 e. The van der Waals surface area contributed by atoms with Crippen molar-refractivity contribution in [2.24, 2.45) is 5.41 Å². The Balaban J connectivity index is 1.44. The molecule has 3 aliphatic rings. The van der Waals surface area contributed by atoms with E-state index in [1.807, 2.05) is 17.0 Å². The van der Waals surface area contributed by atoms with Crippen molar-refractivity contribution in [1.82, 2.24) is 15.1 Å². The Morgan fingerprint density at radius 3 is 2.73 bits per heavy atom. The number of likely N-dealkylation sites (tertiary alicyclic amines) is 2. The average molecular weight is 414 g/mol. The molecule has 0 aliphatic carbocycles. The summed E-state index contributed by atoms with van der Waals surface area (Å²) in [6, 6.07) is 7.20. The number of hydrogen-bond donors (Lipinski definition) is 1. The Labute approximate surface area is 177 Å². The molecule has 1 unspecified atom stereocenters. The Morgan fingerprint density at radius 1 is 1.13 bits per heavy atom. The Kier molecular flexibility index (Phi) is 5.47. The van der Waals surface area contributed by atoms with E-state index in [0.717, 1.165) is 25.9 Å². The van der Waals surface area contributed by atoms with Crippen molar-refractivity contribution in [2.45, 2.75) is 51.6 Å². The van der Waals surface area contributed by atoms with Crippen LogP contribution in [0.15, 0.2) is 24.3 Å². The number of hydrogen-bond acceptors (Lipinski definition) is 4. The van der Waals surface area contributed by atoms with E-state index in [-0.39, 0.29) is 29.7 Å². The fraction of sp³-hybridized carbons (Fsp3) is 0.609. The van der Waals surface area contributed by atoms with Crippen LogP contribution in [0.1, 0.15) is 56.3 Å². The van der Waals surface area contributed by atoms with Gasteiger partial charge in [-0.1, -0.05) is 26.0 Å². The van der Waals surface area contributed by atoms with Gasteiger partial charge in [-0.3, -0.25) is 14.4 Å². The lowest BCUT2D eigenvalue weighted by Crippen LogP contribution is -2.49. The normalized spacial score (nSPS) is 26.3. The average Bonchev–Trinajstić information content (AvgIpc) is 2.95. The van der Waals surface area contributed by atoms with E-state index in [9.17, 15) is 14.4 Å². The van der Waals surface area contributed by atoms with E-state index in [1.54, 1.807) is 17.0 Å². The van der Waals surface area contributed by atoms with E-state index in [4.69, 9.17) is 4.74 Å². The van der Waals surface area contributed by atoms with Crippen molar-refractivity contribution in [3.8, 4) is 5.75 Å². The van der Waals surface area contributed by atoms with E-state index in [1.165, 1.54) is 0 Å². The lowest BCUT2D eigenvalue weighted by atomic mass is 9.84. The molecular formula is C23H31N3O4. The van der Waals surface area contributed by atoms with Gasteiger partial charge in [0.05, 0.1) is 18.7 Å². The van der Waals surface area contributed by atoms with Crippen LogP contribution < -0.4 is 10.1 Å². The minimum absolute atomic E-state index is 0.0208. The highest BCUT2D eigenvalue weighted by Gasteiger charge is 2.41. The van der Waals surface area contributed by atoms with Gasteiger partial charge < -0.3 is 19.9 Å². The number of piperidine rings is 1. The molecule has 1 aromatic rings. The van der Waals surface area contributed by atoms with Crippen LogP contribution in [0.5, 0.6) is 5.75 Å². The van der Waals surface area contributed by atoms with E-state index < -0.39 is 5.60 Å². The quantitative estimate of drug-likeness (QED) is 0.806. The number of nitrogens with zero attached hydrogens (tertiary/aromatic N) is 2. The molecule has 1 N–H and O–H groups in total. The summed E-state index contributed by atoms with van der Waals surface area (Å²) in [7, 11) is 0. The summed E-state index contributed by atoms with van der Waals surface area (Å²) in [5.41, 5.74) is 0.00771. The molecule has 3 aliphatic heterocycles. The van der Waals surface area contributed by atoms with Crippen LogP contribution in [-0.2, 0) is 9.59 Å². The van der Waals surface area contributed by atoms with Gasteiger partial charge in [0.2, 0.25) is 11.8 Å². The van der Waals surface area contributed by atoms with Gasteiger partial charge in [0.15, 0.2) is 0 Å². The molecule has 0 radical (unpaired) electrons. The number of para-hydroxylation sites is 1. The summed E-state index contributed by atoms with van der Waals surface area (Å²) >= 11 is 0. The van der Waals surface area contributed by atoms with Gasteiger partial charge in [0.25, 0.3) is 5.91 Å². The maximum absolute atomic E-state index is 12.9. The molecule has 3 amide bonds. The van der Waals surface area contributed by atoms with Gasteiger partial charge in [0.1, 0.15) is 11.4 Å². The molecule has 1 atom stereocenters. The van der Waals surface area contributed by atoms with Crippen LogP contribution in [0, 0.1) is 5.41 Å². The third-order valence-electron chi connectivity index (χ3n) is 6.59. The SMILES string of the molecule is CC1(C)CCCN(C(=O)CN2CCC3(CCC2=O)CNC(=O)c2ccccc2O3)C1. The van der Waals surface area contributed by atoms with Crippen molar-refractivity contribution in [1.29, 1.82) is 0 Å². The number of ether oxygens (including phenoxy) is 1. The fourth-order valence-corrected chi connectivity index (χ4v) is 4.78. The standard InChI is InChI=1S/C23H31N3O4/c1-22(2)9-5-12-26(16-22)20(28)14-25-13-11-23(10-8-19(25)27)15-24-21(29)17-6-3-4-7-18(17)30-23/h3-4,6-7H,5,8-16H2,1-2H3,(H,24,29). The second-order valence-corrected chi connectivity index (χ2v) is 9.61. The first-order chi connectivity index (χ1) is 14.3. The lowest BCUT2D eigenvalue weighted by molar-refractivity contribution is -0.142. The summed E-state index contributed by atoms with van der Waals surface area (Å²) in [6.45, 7) is 6.79. The van der Waals surface area contributed by atoms with Crippen molar-refractivity contribution in [3.05, 3.63) is 29.8 Å². The van der Waals surface area contributed by atoms with Crippen LogP contribution in [-0.4, -0.2) is 65.8 Å². The van der Waals surface area contributed by atoms with Gasteiger partial charge in [-0.15, -0.1) is 0 Å². The van der Waals surface area contributed by atoms with Crippen LogP contribution in [0.3, 0.4) is 0 Å². The minimum Gasteiger partial charge on any atom is -0.485 e. The van der Waals surface area contributed by atoms with Crippen LogP contribution in [0.2, 0.25) is 0 Å². The summed E-state index contributed by atoms with van der Waals surface area (Å²) < 4.78 is 6.32. The number of benzene rings is 1. The molecule has 3 heterocycles. The highest BCUT2D eigenvalue weighted by molar-refractivity contribution is 5.97. The van der Waals surface area contributed by atoms with Crippen molar-refractivity contribution >= 4 is 17.7 Å². The number of amides is 3. The molecule has 7 heteroatoms. The molecule has 7 nitrogen and oxygen atoms in total. The van der Waals surface area contributed by atoms with E-state index in [0.29, 0.717) is 43.7 Å². The molecule has 0 aromatic heterocycles. The zero-order valence-electron chi connectivity index (χ0n) is 17.9. The van der Waals surface area contributed by atoms with Gasteiger partial charge >= 0.3 is 0 Å². The van der Waals surface area contributed by atoms with Crippen LogP contribution in [0.4, 0.5) is 0 Å². The monoisotopic (exact) mass is 413 g/mol. The number of carbonyl (C=O) groups is 3. The predicted octanol–water partition coefficient (Wildman–Crippen LogP) is 2.21. The Bertz CT molecular complexity index is 853. The lowest BCUT2D eigenvalue weighted by Gasteiger charge is -2.39. The van der Waals surface area contributed by atoms with Crippen molar-refractivity contribution < 1.29 is 19.1 Å². The number of nitrogens with one attached hydrogen (secondary N) is 1. The molecule has 2 saturated heterocycles. The van der Waals surface area contributed by atoms with E-state index in [2.05, 4.69) is 19.2 Å². The zero-order chi connectivity index (χ0) is 21.4. The van der Waals surface area contributed by atoms with Gasteiger partial charge in [0, 0.05) is 32.5 Å². The summed E-state index contributed by atoms with van der Waals surface area (Å²) in [5.74, 6) is 0.397. The minimum atomic E-state index is -0.636. The number of rotatable bonds is 2. The molecule has 162 valence electrons. The molecule has 1 aromatic carbocycles. The topological polar surface area (TPSA) is 79.0 Å². The second kappa shape index (κ2) is 7.93.